The van der Waals surface area contributed by atoms with Crippen molar-refractivity contribution in [3.63, 3.8) is 0 Å². The molecule has 0 radical (unpaired) electrons. The molecule has 0 saturated heterocycles. The normalized spacial score (nSPS) is 19.3. The Kier molecular flexibility index (Phi) is 7.11. The van der Waals surface area contributed by atoms with Crippen LogP contribution >= 0.6 is 11.6 Å². The van der Waals surface area contributed by atoms with Crippen LogP contribution in [0.5, 0.6) is 0 Å². The number of Topliss-reactive ketones (excluding diaryl/α,β-unsaturated/α-hetero) is 1. The Hall–Kier alpha value is -5.18. The zero-order chi connectivity index (χ0) is 31.3. The van der Waals surface area contributed by atoms with Crippen LogP contribution in [0.25, 0.3) is 22.4 Å². The number of imidazole rings is 1. The monoisotopic (exact) mass is 623 g/mol. The molecule has 0 spiro atoms. The number of nitrogens with zero attached hydrogens (tertiary/aromatic N) is 6. The van der Waals surface area contributed by atoms with Gasteiger partial charge in [-0.1, -0.05) is 25.4 Å². The van der Waals surface area contributed by atoms with Crippen molar-refractivity contribution >= 4 is 29.1 Å². The summed E-state index contributed by atoms with van der Waals surface area (Å²) in [5, 5.41) is 25.3. The molecule has 0 saturated carbocycles. The molecule has 2 aliphatic rings. The number of pyridine rings is 1. The van der Waals surface area contributed by atoms with Crippen molar-refractivity contribution in [3.05, 3.63) is 93.3 Å². The zero-order valence-corrected chi connectivity index (χ0v) is 23.9. The lowest BCUT2D eigenvalue weighted by Gasteiger charge is -2.34. The first kappa shape index (κ1) is 28.9. The van der Waals surface area contributed by atoms with Crippen LogP contribution in [0.15, 0.2) is 59.6 Å². The van der Waals surface area contributed by atoms with E-state index < -0.39 is 47.0 Å². The molecule has 3 aromatic heterocycles. The number of aromatic amines is 1. The fraction of sp³-hybridized carbons (Fsp3) is 0.250. The van der Waals surface area contributed by atoms with Gasteiger partial charge in [0.05, 0.1) is 23.0 Å². The maximum absolute atomic E-state index is 15.4. The first-order valence-corrected chi connectivity index (χ1v) is 13.8. The van der Waals surface area contributed by atoms with Crippen molar-refractivity contribution < 1.29 is 23.5 Å². The fourth-order valence-electron chi connectivity index (χ4n) is 5.60. The van der Waals surface area contributed by atoms with Gasteiger partial charge < -0.3 is 20.0 Å². The van der Waals surface area contributed by atoms with Crippen molar-refractivity contribution in [1.29, 1.82) is 0 Å². The Balaban J connectivity index is 1.34. The van der Waals surface area contributed by atoms with E-state index in [0.717, 1.165) is 12.2 Å². The molecular weight excluding hydrogens is 600 g/mol. The lowest BCUT2D eigenvalue weighted by atomic mass is 9.92. The number of halogens is 3. The van der Waals surface area contributed by atoms with E-state index in [4.69, 9.17) is 11.6 Å². The maximum atomic E-state index is 15.4. The van der Waals surface area contributed by atoms with Crippen LogP contribution in [-0.4, -0.2) is 57.4 Å². The third kappa shape index (κ3) is 4.94. The van der Waals surface area contributed by atoms with Crippen LogP contribution in [-0.2, 0) is 11.2 Å². The van der Waals surface area contributed by atoms with Crippen LogP contribution < -0.4 is 16.2 Å². The Labute approximate surface area is 252 Å². The summed E-state index contributed by atoms with van der Waals surface area (Å²) in [6.45, 7) is 3.09. The average Bonchev–Trinajstić information content (AvgIpc) is 3.72. The number of benzene rings is 1. The molecule has 6 rings (SSSR count). The van der Waals surface area contributed by atoms with Crippen molar-refractivity contribution in [2.24, 2.45) is 5.92 Å². The number of aryl methyl sites for hydroxylation is 1. The number of aromatic nitrogens is 7. The molecule has 5 heterocycles. The zero-order valence-electron chi connectivity index (χ0n) is 23.2. The molecule has 13 nitrogen and oxygen atoms in total. The highest BCUT2D eigenvalue weighted by Crippen LogP contribution is 2.36. The summed E-state index contributed by atoms with van der Waals surface area (Å²) in [6, 6.07) is 7.57. The van der Waals surface area contributed by atoms with E-state index in [-0.39, 0.29) is 17.1 Å². The molecule has 0 aliphatic carbocycles. The highest BCUT2D eigenvalue weighted by Gasteiger charge is 2.42. The fourth-order valence-corrected chi connectivity index (χ4v) is 5.77. The Morgan fingerprint density at radius 2 is 2.02 bits per heavy atom. The number of nitrogens with one attached hydrogen (secondary N) is 3. The van der Waals surface area contributed by atoms with Gasteiger partial charge in [0.15, 0.2) is 11.4 Å². The summed E-state index contributed by atoms with van der Waals surface area (Å²) >= 11 is 6.27. The first-order chi connectivity index (χ1) is 21.0. The molecule has 2 aliphatic heterocycles. The molecule has 4 N–H and O–H groups in total. The quantitative estimate of drug-likeness (QED) is 0.225. The molecule has 226 valence electrons. The molecule has 0 bridgehead atoms. The van der Waals surface area contributed by atoms with Gasteiger partial charge in [0, 0.05) is 28.3 Å². The Bertz CT molecular complexity index is 1930. The number of dihydropyridines is 1. The second-order valence-corrected chi connectivity index (χ2v) is 11.1. The van der Waals surface area contributed by atoms with E-state index in [9.17, 15) is 19.5 Å². The largest absolute Gasteiger partial charge is 0.465 e. The van der Waals surface area contributed by atoms with Gasteiger partial charge in [-0.15, -0.1) is 5.10 Å². The molecule has 1 amide bonds. The Morgan fingerprint density at radius 3 is 2.70 bits per heavy atom. The van der Waals surface area contributed by atoms with Gasteiger partial charge in [-0.2, -0.15) is 18.4 Å². The predicted octanol–water partition coefficient (Wildman–Crippen LogP) is 3.53. The number of carbonyl (C=O) groups excluding carboxylic acids is 1. The lowest BCUT2D eigenvalue weighted by molar-refractivity contribution is -0.127. The van der Waals surface area contributed by atoms with Crippen molar-refractivity contribution in [3.8, 4) is 16.8 Å². The van der Waals surface area contributed by atoms with Gasteiger partial charge >= 0.3 is 6.09 Å². The van der Waals surface area contributed by atoms with Gasteiger partial charge in [-0.3, -0.25) is 14.9 Å². The molecule has 1 aromatic carbocycles. The summed E-state index contributed by atoms with van der Waals surface area (Å²) in [6.07, 6.45) is 2.96. The minimum atomic E-state index is -2.05. The van der Waals surface area contributed by atoms with Gasteiger partial charge in [0.25, 0.3) is 5.56 Å². The number of amides is 1. The van der Waals surface area contributed by atoms with Crippen LogP contribution in [0, 0.1) is 11.9 Å². The number of allylic oxidation sites excluding steroid dienone is 2. The minimum absolute atomic E-state index is 0.0295. The predicted molar refractivity (Wildman–Crippen MR) is 153 cm³/mol. The number of carboxylic acid groups (broad SMARTS) is 1. The number of ketones is 1. The van der Waals surface area contributed by atoms with E-state index in [1.807, 2.05) is 11.4 Å². The smallest absolute Gasteiger partial charge is 0.407 e. The number of fused-ring (bicyclic) bond motifs is 1. The number of tetrazole rings is 1. The van der Waals surface area contributed by atoms with Gasteiger partial charge in [-0.25, -0.2) is 4.79 Å². The molecule has 2 atom stereocenters. The summed E-state index contributed by atoms with van der Waals surface area (Å²) < 4.78 is 33.6. The van der Waals surface area contributed by atoms with Crippen LogP contribution in [0.3, 0.4) is 0 Å². The van der Waals surface area contributed by atoms with E-state index >= 15 is 8.78 Å². The minimum Gasteiger partial charge on any atom is -0.465 e. The van der Waals surface area contributed by atoms with Crippen LogP contribution in [0.1, 0.15) is 43.5 Å². The van der Waals surface area contributed by atoms with E-state index in [0.29, 0.717) is 40.4 Å². The first-order valence-electron chi connectivity index (χ1n) is 13.4. The molecule has 16 heteroatoms. The van der Waals surface area contributed by atoms with Gasteiger partial charge in [0.2, 0.25) is 11.9 Å². The maximum Gasteiger partial charge on any atom is 0.407 e. The number of H-pyrrole nitrogens is 1. The molecular formula is C28H24ClF2N9O4. The van der Waals surface area contributed by atoms with E-state index in [1.165, 1.54) is 21.6 Å². The highest BCUT2D eigenvalue weighted by molar-refractivity contribution is 6.31. The Morgan fingerprint density at radius 1 is 1.23 bits per heavy atom. The van der Waals surface area contributed by atoms with Gasteiger partial charge in [0.1, 0.15) is 12.2 Å². The summed E-state index contributed by atoms with van der Waals surface area (Å²) in [7, 11) is 0. The highest BCUT2D eigenvalue weighted by atomic mass is 35.5. The second-order valence-electron chi connectivity index (χ2n) is 10.6. The van der Waals surface area contributed by atoms with Crippen molar-refractivity contribution in [1.82, 2.24) is 45.4 Å². The second kappa shape index (κ2) is 10.8. The summed E-state index contributed by atoms with van der Waals surface area (Å²) in [5.74, 6) is -3.50. The van der Waals surface area contributed by atoms with E-state index in [1.54, 1.807) is 32.0 Å². The van der Waals surface area contributed by atoms with E-state index in [2.05, 4.69) is 30.8 Å². The van der Waals surface area contributed by atoms with Gasteiger partial charge in [-0.05, 0) is 65.2 Å². The third-order valence-electron chi connectivity index (χ3n) is 7.53. The molecule has 44 heavy (non-hydrogen) atoms. The van der Waals surface area contributed by atoms with Crippen LogP contribution in [0.2, 0.25) is 5.02 Å². The molecule has 1 unspecified atom stereocenters. The summed E-state index contributed by atoms with van der Waals surface area (Å²) in [4.78, 5) is 44.3. The number of rotatable bonds is 7. The third-order valence-corrected chi connectivity index (χ3v) is 7.77. The average molecular weight is 624 g/mol. The van der Waals surface area contributed by atoms with Crippen molar-refractivity contribution in [2.75, 3.05) is 0 Å². The summed E-state index contributed by atoms with van der Waals surface area (Å²) in [5.41, 5.74) is -0.289. The molecule has 0 fully saturated rings. The topological polar surface area (TPSA) is 173 Å². The standard InChI is InChI=1S/C28H24ClF2N9O4/c1-13(2)23(42)28(36-27(43)44)8-7-17(24(30)35-28)26-33-22(25(31)34-26)20-6-4-16-9-14(10-21(41)40(16)20)18-11-15(29)3-5-19(18)39-12-32-37-38-39/h3,5,7-13,20,35-36H,4,6H2,1-2H3,(H,33,34)(H,43,44)/t20-,28?/m1/s1. The van der Waals surface area contributed by atoms with Crippen molar-refractivity contribution in [2.45, 2.75) is 38.4 Å². The SMILES string of the molecule is CC(C)C(=O)C1(NC(=O)O)C=CC(c2nc(F)c([C@H]3CCc4cc(-c5cc(Cl)ccc5-n5cnnn5)cc(=O)n43)[nH]2)=C(F)N1. The number of hydrogen-bond donors (Lipinski definition) is 4. The van der Waals surface area contributed by atoms with Crippen LogP contribution in [0.4, 0.5) is 13.6 Å². The number of hydrogen-bond acceptors (Lipinski definition) is 8. The number of carbonyl (C=O) groups is 2. The molecule has 4 aromatic rings. The lowest BCUT2D eigenvalue weighted by Crippen LogP contribution is -2.63.